The van der Waals surface area contributed by atoms with E-state index in [1.807, 2.05) is 9.47 Å². The van der Waals surface area contributed by atoms with Crippen molar-refractivity contribution >= 4 is 39.1 Å². The van der Waals surface area contributed by atoms with Crippen molar-refractivity contribution in [3.05, 3.63) is 43.5 Å². The zero-order chi connectivity index (χ0) is 19.6. The van der Waals surface area contributed by atoms with Crippen LogP contribution in [0.5, 0.6) is 5.88 Å². The van der Waals surface area contributed by atoms with Gasteiger partial charge in [0.15, 0.2) is 0 Å². The number of hydrogen-bond acceptors (Lipinski definition) is 5. The highest BCUT2D eigenvalue weighted by Gasteiger charge is 2.31. The predicted octanol–water partition coefficient (Wildman–Crippen LogP) is 2.09. The lowest BCUT2D eigenvalue weighted by Crippen LogP contribution is -2.44. The molecule has 9 heteroatoms. The van der Waals surface area contributed by atoms with Gasteiger partial charge in [0.2, 0.25) is 11.3 Å². The van der Waals surface area contributed by atoms with Crippen LogP contribution in [0, 0.1) is 5.82 Å². The van der Waals surface area contributed by atoms with Crippen LogP contribution in [-0.4, -0.2) is 40.8 Å². The Hall–Kier alpha value is -2.58. The number of pyridine rings is 2. The highest BCUT2D eigenvalue weighted by Crippen LogP contribution is 2.44. The molecule has 1 aromatic carbocycles. The summed E-state index contributed by atoms with van der Waals surface area (Å²) in [5, 5.41) is 13.7. The molecule has 5 rings (SSSR count). The molecule has 7 nitrogen and oxygen atoms in total. The van der Waals surface area contributed by atoms with Gasteiger partial charge >= 0.3 is 0 Å². The fraction of sp³-hybridized carbons (Fsp3) is 0.368. The van der Waals surface area contributed by atoms with Crippen LogP contribution in [0.2, 0.25) is 5.02 Å². The maximum absolute atomic E-state index is 15.0. The summed E-state index contributed by atoms with van der Waals surface area (Å²) in [6.45, 7) is 2.63. The molecule has 3 aromatic rings. The molecule has 3 N–H and O–H groups in total. The third kappa shape index (κ3) is 2.51. The molecule has 1 aliphatic carbocycles. The fourth-order valence-corrected chi connectivity index (χ4v) is 4.50. The number of halogens is 2. The Labute approximate surface area is 163 Å². The van der Waals surface area contributed by atoms with Crippen molar-refractivity contribution in [2.75, 3.05) is 31.1 Å². The standard InChI is InChI=1S/C19H18ClFN4O3/c20-15-16-10(7-11(21)17(15)24-5-3-22-4-6-24)18(27)14-12(25(16)9-1-2-9)8-13(26)23-19(14)28/h7-9,22H,1-6H2,(H2,23,26,28). The highest BCUT2D eigenvalue weighted by atomic mass is 35.5. The molecule has 0 atom stereocenters. The van der Waals surface area contributed by atoms with Gasteiger partial charge in [-0.25, -0.2) is 4.39 Å². The van der Waals surface area contributed by atoms with Crippen LogP contribution in [0.4, 0.5) is 10.1 Å². The first-order valence-electron chi connectivity index (χ1n) is 9.25. The van der Waals surface area contributed by atoms with E-state index in [0.29, 0.717) is 37.2 Å². The van der Waals surface area contributed by atoms with Gasteiger partial charge < -0.3 is 19.9 Å². The first-order valence-corrected chi connectivity index (χ1v) is 9.63. The van der Waals surface area contributed by atoms with E-state index in [2.05, 4.69) is 10.3 Å². The largest absolute Gasteiger partial charge is 0.494 e. The topological polar surface area (TPSA) is 90.4 Å². The number of benzene rings is 1. The summed E-state index contributed by atoms with van der Waals surface area (Å²) < 4.78 is 16.9. The van der Waals surface area contributed by atoms with Crippen molar-refractivity contribution in [1.82, 2.24) is 14.9 Å². The van der Waals surface area contributed by atoms with E-state index < -0.39 is 22.7 Å². The van der Waals surface area contributed by atoms with Crippen molar-refractivity contribution in [3.8, 4) is 5.88 Å². The lowest BCUT2D eigenvalue weighted by molar-refractivity contribution is 0.458. The summed E-state index contributed by atoms with van der Waals surface area (Å²) in [5.74, 6) is -1.08. The number of aromatic nitrogens is 2. The number of anilines is 1. The molecule has 2 aliphatic rings. The lowest BCUT2D eigenvalue weighted by Gasteiger charge is -2.31. The predicted molar refractivity (Wildman–Crippen MR) is 106 cm³/mol. The summed E-state index contributed by atoms with van der Waals surface area (Å²) >= 11 is 6.70. The van der Waals surface area contributed by atoms with Crippen molar-refractivity contribution in [2.24, 2.45) is 0 Å². The Bertz CT molecular complexity index is 1240. The number of nitrogens with one attached hydrogen (secondary N) is 2. The highest BCUT2D eigenvalue weighted by molar-refractivity contribution is 6.38. The lowest BCUT2D eigenvalue weighted by atomic mass is 10.1. The number of piperazine rings is 1. The second kappa shape index (κ2) is 6.22. The maximum atomic E-state index is 15.0. The Morgan fingerprint density at radius 1 is 1.18 bits per heavy atom. The molecular formula is C19H18ClFN4O3. The molecule has 1 aliphatic heterocycles. The molecule has 28 heavy (non-hydrogen) atoms. The first-order chi connectivity index (χ1) is 13.5. The van der Waals surface area contributed by atoms with Gasteiger partial charge in [-0.2, -0.15) is 0 Å². The molecule has 2 fully saturated rings. The normalized spacial score (nSPS) is 17.6. The van der Waals surface area contributed by atoms with Gasteiger partial charge in [0.25, 0.3) is 5.56 Å². The number of H-pyrrole nitrogens is 1. The van der Waals surface area contributed by atoms with Crippen LogP contribution in [0.25, 0.3) is 21.8 Å². The number of fused-ring (bicyclic) bond motifs is 2. The zero-order valence-electron chi connectivity index (χ0n) is 14.9. The third-order valence-corrected chi connectivity index (χ3v) is 5.85. The quantitative estimate of drug-likeness (QED) is 0.569. The molecule has 1 saturated carbocycles. The Morgan fingerprint density at radius 3 is 2.57 bits per heavy atom. The van der Waals surface area contributed by atoms with E-state index >= 15 is 4.39 Å². The van der Waals surface area contributed by atoms with Crippen LogP contribution in [0.1, 0.15) is 18.9 Å². The van der Waals surface area contributed by atoms with Crippen molar-refractivity contribution in [3.63, 3.8) is 0 Å². The Balaban J connectivity index is 1.95. The number of aromatic amines is 1. The minimum Gasteiger partial charge on any atom is -0.494 e. The van der Waals surface area contributed by atoms with E-state index in [-0.39, 0.29) is 27.5 Å². The van der Waals surface area contributed by atoms with Crippen molar-refractivity contribution < 1.29 is 9.50 Å². The van der Waals surface area contributed by atoms with Gasteiger partial charge in [-0.3, -0.25) is 14.6 Å². The molecular weight excluding hydrogens is 387 g/mol. The van der Waals surface area contributed by atoms with E-state index in [9.17, 15) is 14.7 Å². The van der Waals surface area contributed by atoms with Crippen LogP contribution in [0.3, 0.4) is 0 Å². The minimum absolute atomic E-state index is 0.0237. The van der Waals surface area contributed by atoms with Gasteiger partial charge in [-0.05, 0) is 18.9 Å². The summed E-state index contributed by atoms with van der Waals surface area (Å²) in [7, 11) is 0. The number of nitrogens with zero attached hydrogens (tertiary/aromatic N) is 2. The molecule has 2 aromatic heterocycles. The average Bonchev–Trinajstić information content (AvgIpc) is 3.48. The monoisotopic (exact) mass is 404 g/mol. The number of hydrogen-bond donors (Lipinski definition) is 3. The second-order valence-electron chi connectivity index (χ2n) is 7.33. The molecule has 146 valence electrons. The molecule has 0 bridgehead atoms. The van der Waals surface area contributed by atoms with Gasteiger partial charge in [0, 0.05) is 38.3 Å². The smallest absolute Gasteiger partial charge is 0.252 e. The minimum atomic E-state index is -0.567. The summed E-state index contributed by atoms with van der Waals surface area (Å²) in [6, 6.07) is 2.54. The van der Waals surface area contributed by atoms with E-state index in [0.717, 1.165) is 12.8 Å². The van der Waals surface area contributed by atoms with Crippen molar-refractivity contribution in [1.29, 1.82) is 0 Å². The number of rotatable bonds is 2. The van der Waals surface area contributed by atoms with Gasteiger partial charge in [-0.1, -0.05) is 11.6 Å². The third-order valence-electron chi connectivity index (χ3n) is 5.49. The second-order valence-corrected chi connectivity index (χ2v) is 7.70. The summed E-state index contributed by atoms with van der Waals surface area (Å²) in [4.78, 5) is 29.1. The van der Waals surface area contributed by atoms with Crippen molar-refractivity contribution in [2.45, 2.75) is 18.9 Å². The van der Waals surface area contributed by atoms with Gasteiger partial charge in [-0.15, -0.1) is 0 Å². The Morgan fingerprint density at radius 2 is 1.89 bits per heavy atom. The fourth-order valence-electron chi connectivity index (χ4n) is 4.10. The molecule has 0 amide bonds. The van der Waals surface area contributed by atoms with E-state index in [1.54, 1.807) is 0 Å². The average molecular weight is 405 g/mol. The summed E-state index contributed by atoms with van der Waals surface area (Å²) in [5.41, 5.74) is -0.0532. The zero-order valence-corrected chi connectivity index (χ0v) is 15.6. The van der Waals surface area contributed by atoms with Crippen LogP contribution in [0.15, 0.2) is 21.7 Å². The maximum Gasteiger partial charge on any atom is 0.252 e. The summed E-state index contributed by atoms with van der Waals surface area (Å²) in [6.07, 6.45) is 1.72. The molecule has 0 radical (unpaired) electrons. The van der Waals surface area contributed by atoms with Crippen LogP contribution < -0.4 is 21.2 Å². The van der Waals surface area contributed by atoms with Crippen LogP contribution in [-0.2, 0) is 0 Å². The molecule has 0 spiro atoms. The van der Waals surface area contributed by atoms with Gasteiger partial charge in [0.05, 0.1) is 27.1 Å². The molecule has 0 unspecified atom stereocenters. The van der Waals surface area contributed by atoms with E-state index in [1.165, 1.54) is 12.1 Å². The molecule has 1 saturated heterocycles. The Kier molecular flexibility index (Phi) is 3.89. The number of aromatic hydroxyl groups is 1. The van der Waals surface area contributed by atoms with Crippen LogP contribution >= 0.6 is 11.6 Å². The van der Waals surface area contributed by atoms with E-state index in [4.69, 9.17) is 11.6 Å². The molecule has 3 heterocycles. The SMILES string of the molecule is O=c1cc2c(c(O)[nH]1)c(=O)c1cc(F)c(N3CCNCC3)c(Cl)c1n2C1CC1. The van der Waals surface area contributed by atoms with Gasteiger partial charge in [0.1, 0.15) is 11.2 Å². The first kappa shape index (κ1) is 17.5.